The number of fused-ring (bicyclic) bond motifs is 1. The summed E-state index contributed by atoms with van der Waals surface area (Å²) < 4.78 is 24.2. The van der Waals surface area contributed by atoms with Crippen LogP contribution in [0.5, 0.6) is 0 Å². The number of sulfonamides is 1. The van der Waals surface area contributed by atoms with Crippen LogP contribution in [-0.2, 0) is 10.0 Å². The summed E-state index contributed by atoms with van der Waals surface area (Å²) in [6.07, 6.45) is -1.83. The summed E-state index contributed by atoms with van der Waals surface area (Å²) in [6.45, 7) is 0. The van der Waals surface area contributed by atoms with Gasteiger partial charge in [0.25, 0.3) is 15.9 Å². The first kappa shape index (κ1) is 20.5. The number of hydrogen-bond donors (Lipinski definition) is 3. The molecule has 1 heterocycles. The van der Waals surface area contributed by atoms with Gasteiger partial charge < -0.3 is 10.2 Å². The Labute approximate surface area is 155 Å². The number of amides is 1. The second-order valence-electron chi connectivity index (χ2n) is 2.71. The molecule has 0 saturated heterocycles. The van der Waals surface area contributed by atoms with E-state index in [9.17, 15) is 13.2 Å². The second kappa shape index (κ2) is 8.36. The third kappa shape index (κ3) is 5.43. The van der Waals surface area contributed by atoms with Gasteiger partial charge in [-0.15, -0.1) is 0 Å². The molecule has 0 fully saturated rings. The molecule has 0 radical (unpaired) electrons. The molecule has 18 heavy (non-hydrogen) atoms. The van der Waals surface area contributed by atoms with Crippen LogP contribution in [0.4, 0.5) is 4.79 Å². The van der Waals surface area contributed by atoms with E-state index in [2.05, 4.69) is 0 Å². The molecule has 0 aromatic heterocycles. The minimum atomic E-state index is -3.55. The molecule has 92 valence electrons. The molecule has 2 rings (SSSR count). The number of carbonyl (C=O) groups excluding carboxylic acids is 1. The van der Waals surface area contributed by atoms with E-state index in [-0.39, 0.29) is 77.8 Å². The maximum absolute atomic E-state index is 11.1. The molecule has 7 nitrogen and oxygen atoms in total. The Morgan fingerprint density at radius 2 is 1.61 bits per heavy atom. The van der Waals surface area contributed by atoms with Gasteiger partial charge in [0.05, 0.1) is 5.56 Å². The first-order chi connectivity index (χ1) is 7.34. The Morgan fingerprint density at radius 3 is 2.06 bits per heavy atom. The fourth-order valence-corrected chi connectivity index (χ4v) is 2.29. The van der Waals surface area contributed by atoms with Crippen molar-refractivity contribution in [3.8, 4) is 0 Å². The Kier molecular flexibility index (Phi) is 9.52. The van der Waals surface area contributed by atoms with Gasteiger partial charge in [-0.25, -0.2) is 17.9 Å². The summed E-state index contributed by atoms with van der Waals surface area (Å²) in [5.41, 5.74) is 0.220. The van der Waals surface area contributed by atoms with Crippen molar-refractivity contribution >= 4 is 89.4 Å². The van der Waals surface area contributed by atoms with E-state index in [4.69, 9.17) is 15.0 Å². The van der Waals surface area contributed by atoms with Crippen LogP contribution in [0.25, 0.3) is 0 Å². The Bertz CT molecular complexity index is 542. The summed E-state index contributed by atoms with van der Waals surface area (Å²) in [7, 11) is -3.55. The third-order valence-corrected chi connectivity index (χ3v) is 3.04. The van der Waals surface area contributed by atoms with Crippen LogP contribution in [0.3, 0.4) is 0 Å². The molecule has 0 saturated carbocycles. The van der Waals surface area contributed by atoms with Crippen molar-refractivity contribution in [3.63, 3.8) is 0 Å². The third-order valence-electron chi connectivity index (χ3n) is 1.65. The zero-order chi connectivity index (χ0) is 12.3. The van der Waals surface area contributed by atoms with Crippen molar-refractivity contribution < 1.29 is 28.2 Å². The van der Waals surface area contributed by atoms with Crippen molar-refractivity contribution in [1.29, 1.82) is 0 Å². The van der Waals surface area contributed by atoms with E-state index in [0.717, 1.165) is 0 Å². The molecule has 1 aliphatic heterocycles. The number of hydrogen-bond acceptors (Lipinski definition) is 4. The second-order valence-corrected chi connectivity index (χ2v) is 4.36. The molecule has 10 heteroatoms. The number of carboxylic acid groups (broad SMARTS) is 2. The molecule has 0 atom stereocenters. The van der Waals surface area contributed by atoms with Crippen molar-refractivity contribution in [1.82, 2.24) is 4.72 Å². The summed E-state index contributed by atoms with van der Waals surface area (Å²) in [5.74, 6) is -0.550. The molecule has 1 aromatic rings. The molecule has 1 aromatic carbocycles. The summed E-state index contributed by atoms with van der Waals surface area (Å²) in [4.78, 5) is 19.6. The van der Waals surface area contributed by atoms with Crippen molar-refractivity contribution in [2.75, 3.05) is 0 Å². The van der Waals surface area contributed by atoms with E-state index >= 15 is 0 Å². The van der Waals surface area contributed by atoms with Crippen LogP contribution in [0.1, 0.15) is 10.4 Å². The van der Waals surface area contributed by atoms with Crippen LogP contribution >= 0.6 is 0 Å². The zero-order valence-electron chi connectivity index (χ0n) is 7.75. The topological polar surface area (TPSA) is 121 Å². The van der Waals surface area contributed by atoms with Gasteiger partial charge >= 0.3 is 73.5 Å². The first-order valence-electron chi connectivity index (χ1n) is 3.92. The monoisotopic (exact) mass is 311 g/mol. The van der Waals surface area contributed by atoms with Gasteiger partial charge in [-0.2, -0.15) is 0 Å². The molecule has 0 bridgehead atoms. The number of nitrogens with one attached hydrogen (secondary N) is 1. The minimum absolute atomic E-state index is 0. The predicted octanol–water partition coefficient (Wildman–Crippen LogP) is -1.22. The Morgan fingerprint density at radius 1 is 1.17 bits per heavy atom. The first-order valence-corrected chi connectivity index (χ1v) is 5.41. The standard InChI is InChI=1S/C7H5NO3S.CH2O3.Ca.Na.3H/c9-7-5-3-1-2-4-6(5)12(10,11)8-7;2-1(3)4;;;;;/h1-4H,(H,8,9);(H2,2,3,4);;;;;. The van der Waals surface area contributed by atoms with E-state index in [1.165, 1.54) is 12.1 Å². The molecule has 0 aliphatic carbocycles. The fourth-order valence-electron chi connectivity index (χ4n) is 1.12. The molecular formula is C8H10CaNNaO6S. The predicted molar refractivity (Wildman–Crippen MR) is 67.4 cm³/mol. The van der Waals surface area contributed by atoms with Crippen molar-refractivity contribution in [2.24, 2.45) is 0 Å². The average Bonchev–Trinajstić information content (AvgIpc) is 2.38. The molecule has 0 unspecified atom stereocenters. The zero-order valence-corrected chi connectivity index (χ0v) is 8.56. The molecular weight excluding hydrogens is 301 g/mol. The average molecular weight is 311 g/mol. The normalized spacial score (nSPS) is 13.7. The van der Waals surface area contributed by atoms with E-state index in [1.54, 1.807) is 12.1 Å². The van der Waals surface area contributed by atoms with E-state index in [1.807, 2.05) is 4.72 Å². The summed E-state index contributed by atoms with van der Waals surface area (Å²) >= 11 is 0. The van der Waals surface area contributed by atoms with Crippen LogP contribution in [0, 0.1) is 0 Å². The van der Waals surface area contributed by atoms with Gasteiger partial charge in [-0.05, 0) is 12.1 Å². The van der Waals surface area contributed by atoms with Crippen molar-refractivity contribution in [2.45, 2.75) is 4.90 Å². The van der Waals surface area contributed by atoms with E-state index in [0.29, 0.717) is 0 Å². The Balaban J connectivity index is 0. The molecule has 3 N–H and O–H groups in total. The number of carbonyl (C=O) groups is 2. The molecule has 1 aliphatic rings. The van der Waals surface area contributed by atoms with Gasteiger partial charge in [-0.3, -0.25) is 4.79 Å². The molecule has 1 amide bonds. The van der Waals surface area contributed by atoms with Gasteiger partial charge in [0, 0.05) is 0 Å². The maximum atomic E-state index is 11.1. The number of rotatable bonds is 0. The quantitative estimate of drug-likeness (QED) is 0.516. The van der Waals surface area contributed by atoms with Crippen LogP contribution in [0.2, 0.25) is 0 Å². The molecule has 0 spiro atoms. The van der Waals surface area contributed by atoms with Gasteiger partial charge in [0.15, 0.2) is 0 Å². The van der Waals surface area contributed by atoms with Gasteiger partial charge in [-0.1, -0.05) is 12.1 Å². The summed E-state index contributed by atoms with van der Waals surface area (Å²) in [6, 6.07) is 6.09. The fraction of sp³-hybridized carbons (Fsp3) is 0. The van der Waals surface area contributed by atoms with Crippen molar-refractivity contribution in [3.05, 3.63) is 29.8 Å². The Hall–Kier alpha value is 0.170. The van der Waals surface area contributed by atoms with Gasteiger partial charge in [0.1, 0.15) is 4.90 Å². The van der Waals surface area contributed by atoms with Crippen LogP contribution in [0.15, 0.2) is 29.2 Å². The van der Waals surface area contributed by atoms with Gasteiger partial charge in [0.2, 0.25) is 0 Å². The van der Waals surface area contributed by atoms with Crippen LogP contribution < -0.4 is 4.72 Å². The van der Waals surface area contributed by atoms with E-state index < -0.39 is 22.1 Å². The SMILES string of the molecule is O=C(O)O.O=C1NS(=O)(=O)c2ccccc21.[CaH2].[NaH]. The summed E-state index contributed by atoms with van der Waals surface area (Å²) in [5, 5.41) is 13.9. The number of benzene rings is 1. The van der Waals surface area contributed by atoms with Crippen LogP contribution in [-0.4, -0.2) is 98.0 Å².